The summed E-state index contributed by atoms with van der Waals surface area (Å²) in [5.74, 6) is 0.253. The number of rotatable bonds is 4. The molecule has 2 rings (SSSR count). The molecule has 0 spiro atoms. The molecule has 2 amide bonds. The van der Waals surface area contributed by atoms with Crippen molar-refractivity contribution in [1.29, 1.82) is 0 Å². The molecule has 0 aliphatic carbocycles. The first-order valence-electron chi connectivity index (χ1n) is 7.65. The monoisotopic (exact) mass is 304 g/mol. The van der Waals surface area contributed by atoms with Crippen LogP contribution in [-0.4, -0.2) is 78.3 Å². The second kappa shape index (κ2) is 7.89. The Morgan fingerprint density at radius 1 is 1.14 bits per heavy atom. The summed E-state index contributed by atoms with van der Waals surface area (Å²) in [6.07, 6.45) is 4.74. The van der Waals surface area contributed by atoms with E-state index < -0.39 is 0 Å². The fourth-order valence-electron chi connectivity index (χ4n) is 2.50. The summed E-state index contributed by atoms with van der Waals surface area (Å²) in [6, 6.07) is 3.75. The maximum Gasteiger partial charge on any atom is 0.236 e. The largest absolute Gasteiger partial charge is 0.348 e. The highest BCUT2D eigenvalue weighted by Crippen LogP contribution is 2.07. The van der Waals surface area contributed by atoms with Crippen LogP contribution >= 0.6 is 0 Å². The van der Waals surface area contributed by atoms with Crippen LogP contribution in [0.25, 0.3) is 0 Å². The van der Waals surface area contributed by atoms with Gasteiger partial charge in [0.25, 0.3) is 0 Å². The fraction of sp³-hybridized carbons (Fsp3) is 0.562. The summed E-state index contributed by atoms with van der Waals surface area (Å²) >= 11 is 0. The van der Waals surface area contributed by atoms with E-state index in [2.05, 4.69) is 9.88 Å². The minimum atomic E-state index is 0.108. The van der Waals surface area contributed by atoms with Crippen molar-refractivity contribution in [1.82, 2.24) is 19.7 Å². The van der Waals surface area contributed by atoms with E-state index in [0.717, 1.165) is 31.6 Å². The number of carbonyl (C=O) groups excluding carboxylic acids is 2. The van der Waals surface area contributed by atoms with Gasteiger partial charge in [0.2, 0.25) is 11.8 Å². The van der Waals surface area contributed by atoms with Crippen molar-refractivity contribution in [2.24, 2.45) is 0 Å². The average molecular weight is 304 g/mol. The lowest BCUT2D eigenvalue weighted by Crippen LogP contribution is -2.39. The van der Waals surface area contributed by atoms with E-state index in [0.29, 0.717) is 19.5 Å². The predicted octanol–water partition coefficient (Wildman–Crippen LogP) is 0.247. The number of amides is 2. The number of nitrogens with zero attached hydrogens (tertiary/aromatic N) is 4. The molecule has 6 heteroatoms. The van der Waals surface area contributed by atoms with Crippen LogP contribution in [0.5, 0.6) is 0 Å². The standard InChI is InChI=1S/C16H24N4O2/c1-18(2)16(22)13-19-8-3-9-20(11-10-19)15(21)12-14-4-6-17-7-5-14/h4-7H,3,8-13H2,1-2H3. The van der Waals surface area contributed by atoms with E-state index in [1.165, 1.54) is 0 Å². The van der Waals surface area contributed by atoms with Gasteiger partial charge in [-0.05, 0) is 24.1 Å². The molecule has 120 valence electrons. The van der Waals surface area contributed by atoms with Crippen LogP contribution in [0.3, 0.4) is 0 Å². The molecular formula is C16H24N4O2. The van der Waals surface area contributed by atoms with Gasteiger partial charge in [-0.25, -0.2) is 0 Å². The smallest absolute Gasteiger partial charge is 0.236 e. The highest BCUT2D eigenvalue weighted by molar-refractivity contribution is 5.79. The second-order valence-corrected chi connectivity index (χ2v) is 5.83. The molecule has 1 saturated heterocycles. The number of likely N-dealkylation sites (N-methyl/N-ethyl adjacent to an activating group) is 1. The number of pyridine rings is 1. The topological polar surface area (TPSA) is 56.8 Å². The zero-order chi connectivity index (χ0) is 15.9. The molecule has 1 aromatic heterocycles. The molecule has 0 atom stereocenters. The van der Waals surface area contributed by atoms with Crippen LogP contribution < -0.4 is 0 Å². The lowest BCUT2D eigenvalue weighted by molar-refractivity contribution is -0.130. The molecule has 0 saturated carbocycles. The number of carbonyl (C=O) groups is 2. The van der Waals surface area contributed by atoms with Crippen LogP contribution in [0, 0.1) is 0 Å². The average Bonchev–Trinajstić information content (AvgIpc) is 2.74. The first-order chi connectivity index (χ1) is 10.6. The molecule has 6 nitrogen and oxygen atoms in total. The van der Waals surface area contributed by atoms with Crippen molar-refractivity contribution >= 4 is 11.8 Å². The molecule has 0 radical (unpaired) electrons. The molecule has 0 aromatic carbocycles. The quantitative estimate of drug-likeness (QED) is 0.800. The van der Waals surface area contributed by atoms with Gasteiger partial charge in [0.15, 0.2) is 0 Å². The zero-order valence-corrected chi connectivity index (χ0v) is 13.4. The minimum absolute atomic E-state index is 0.108. The van der Waals surface area contributed by atoms with Crippen molar-refractivity contribution in [3.63, 3.8) is 0 Å². The molecule has 1 aliphatic rings. The van der Waals surface area contributed by atoms with Gasteiger partial charge in [-0.3, -0.25) is 19.5 Å². The highest BCUT2D eigenvalue weighted by atomic mass is 16.2. The van der Waals surface area contributed by atoms with E-state index in [1.54, 1.807) is 31.4 Å². The van der Waals surface area contributed by atoms with Gasteiger partial charge in [0, 0.05) is 52.7 Å². The molecule has 0 bridgehead atoms. The second-order valence-electron chi connectivity index (χ2n) is 5.83. The Kier molecular flexibility index (Phi) is 5.89. The Morgan fingerprint density at radius 3 is 2.55 bits per heavy atom. The van der Waals surface area contributed by atoms with Crippen molar-refractivity contribution in [2.45, 2.75) is 12.8 Å². The minimum Gasteiger partial charge on any atom is -0.348 e. The molecule has 1 aliphatic heterocycles. The van der Waals surface area contributed by atoms with Crippen LogP contribution in [0.4, 0.5) is 0 Å². The van der Waals surface area contributed by atoms with Gasteiger partial charge in [0.05, 0.1) is 13.0 Å². The summed E-state index contributed by atoms with van der Waals surface area (Å²) in [7, 11) is 3.54. The van der Waals surface area contributed by atoms with Gasteiger partial charge in [-0.2, -0.15) is 0 Å². The maximum atomic E-state index is 12.4. The normalized spacial score (nSPS) is 16.2. The van der Waals surface area contributed by atoms with Gasteiger partial charge >= 0.3 is 0 Å². The van der Waals surface area contributed by atoms with Gasteiger partial charge in [0.1, 0.15) is 0 Å². The van der Waals surface area contributed by atoms with E-state index in [1.807, 2.05) is 17.0 Å². The Balaban J connectivity index is 1.84. The third-order valence-electron chi connectivity index (χ3n) is 3.90. The molecule has 0 N–H and O–H groups in total. The Bertz CT molecular complexity index is 504. The molecule has 2 heterocycles. The van der Waals surface area contributed by atoms with Crippen LogP contribution in [-0.2, 0) is 16.0 Å². The Morgan fingerprint density at radius 2 is 1.86 bits per heavy atom. The summed E-state index contributed by atoms with van der Waals surface area (Å²) in [4.78, 5) is 33.8. The molecule has 1 aromatic rings. The van der Waals surface area contributed by atoms with Crippen molar-refractivity contribution in [3.8, 4) is 0 Å². The third-order valence-corrected chi connectivity index (χ3v) is 3.90. The zero-order valence-electron chi connectivity index (χ0n) is 13.4. The van der Waals surface area contributed by atoms with Crippen LogP contribution in [0.1, 0.15) is 12.0 Å². The summed E-state index contributed by atoms with van der Waals surface area (Å²) in [6.45, 7) is 3.49. The third kappa shape index (κ3) is 4.80. The van der Waals surface area contributed by atoms with Gasteiger partial charge in [-0.1, -0.05) is 0 Å². The highest BCUT2D eigenvalue weighted by Gasteiger charge is 2.20. The number of hydrogen-bond acceptors (Lipinski definition) is 4. The van der Waals surface area contributed by atoms with Crippen molar-refractivity contribution in [3.05, 3.63) is 30.1 Å². The van der Waals surface area contributed by atoms with Crippen molar-refractivity contribution in [2.75, 3.05) is 46.8 Å². The van der Waals surface area contributed by atoms with Crippen LogP contribution in [0.2, 0.25) is 0 Å². The summed E-state index contributed by atoms with van der Waals surface area (Å²) in [5.41, 5.74) is 0.990. The Labute approximate surface area is 131 Å². The molecule has 1 fully saturated rings. The Hall–Kier alpha value is -1.95. The summed E-state index contributed by atoms with van der Waals surface area (Å²) < 4.78 is 0. The van der Waals surface area contributed by atoms with Gasteiger partial charge < -0.3 is 9.80 Å². The number of aromatic nitrogens is 1. The molecule has 0 unspecified atom stereocenters. The predicted molar refractivity (Wildman–Crippen MR) is 84.3 cm³/mol. The summed E-state index contributed by atoms with van der Waals surface area (Å²) in [5, 5.41) is 0. The maximum absolute atomic E-state index is 12.4. The SMILES string of the molecule is CN(C)C(=O)CN1CCCN(C(=O)Cc2ccncc2)CC1. The fourth-order valence-corrected chi connectivity index (χ4v) is 2.50. The van der Waals surface area contributed by atoms with Gasteiger partial charge in [-0.15, -0.1) is 0 Å². The lowest BCUT2D eigenvalue weighted by Gasteiger charge is -2.22. The molecule has 22 heavy (non-hydrogen) atoms. The van der Waals surface area contributed by atoms with Crippen LogP contribution in [0.15, 0.2) is 24.5 Å². The van der Waals surface area contributed by atoms with E-state index in [9.17, 15) is 9.59 Å². The van der Waals surface area contributed by atoms with E-state index in [4.69, 9.17) is 0 Å². The first-order valence-corrected chi connectivity index (χ1v) is 7.65. The first kappa shape index (κ1) is 16.4. The van der Waals surface area contributed by atoms with E-state index >= 15 is 0 Å². The van der Waals surface area contributed by atoms with E-state index in [-0.39, 0.29) is 11.8 Å². The number of hydrogen-bond donors (Lipinski definition) is 0. The molecular weight excluding hydrogens is 280 g/mol. The van der Waals surface area contributed by atoms with Crippen molar-refractivity contribution < 1.29 is 9.59 Å². The lowest BCUT2D eigenvalue weighted by atomic mass is 10.2.